The van der Waals surface area contributed by atoms with E-state index in [2.05, 4.69) is 10.2 Å². The Morgan fingerprint density at radius 3 is 2.52 bits per heavy atom. The maximum atomic E-state index is 13.1. The van der Waals surface area contributed by atoms with Gasteiger partial charge in [-0.05, 0) is 57.2 Å². The number of piperidine rings is 1. The molecule has 156 valence electrons. The van der Waals surface area contributed by atoms with Crippen LogP contribution in [-0.4, -0.2) is 48.4 Å². The van der Waals surface area contributed by atoms with E-state index in [1.165, 1.54) is 0 Å². The van der Waals surface area contributed by atoms with Crippen molar-refractivity contribution in [3.8, 4) is 0 Å². The van der Waals surface area contributed by atoms with Gasteiger partial charge in [-0.25, -0.2) is 0 Å². The standard InChI is InChI=1S/C23H31N3O2S/c1-4-26(17(2)3)23(28)20-9-5-6-10-21(20)25-13-11-18(12-14-25)24-22(27)16-19-8-7-15-29-19/h5-10,15,17-18H,4,11-14,16H2,1-3H3,(H,24,27). The SMILES string of the molecule is CCN(C(=O)c1ccccc1N1CCC(NC(=O)Cc2cccs2)CC1)C(C)C. The molecule has 0 bridgehead atoms. The second-order valence-corrected chi connectivity index (χ2v) is 8.82. The molecule has 1 aliphatic heterocycles. The minimum atomic E-state index is 0.0875. The van der Waals surface area contributed by atoms with Gasteiger partial charge in [-0.3, -0.25) is 9.59 Å². The second kappa shape index (κ2) is 9.92. The molecule has 3 rings (SSSR count). The lowest BCUT2D eigenvalue weighted by Crippen LogP contribution is -2.45. The summed E-state index contributed by atoms with van der Waals surface area (Å²) in [4.78, 5) is 30.6. The number of hydrogen-bond acceptors (Lipinski definition) is 4. The fourth-order valence-electron chi connectivity index (χ4n) is 3.94. The molecule has 6 heteroatoms. The topological polar surface area (TPSA) is 52.7 Å². The lowest BCUT2D eigenvalue weighted by atomic mass is 10.0. The zero-order valence-electron chi connectivity index (χ0n) is 17.6. The van der Waals surface area contributed by atoms with Crippen LogP contribution in [0.4, 0.5) is 5.69 Å². The number of carbonyl (C=O) groups is 2. The van der Waals surface area contributed by atoms with Crippen molar-refractivity contribution in [3.05, 3.63) is 52.2 Å². The molecule has 0 aliphatic carbocycles. The number of amides is 2. The zero-order valence-corrected chi connectivity index (χ0v) is 18.4. The normalized spacial score (nSPS) is 14.8. The predicted molar refractivity (Wildman–Crippen MR) is 120 cm³/mol. The van der Waals surface area contributed by atoms with Crippen molar-refractivity contribution in [2.75, 3.05) is 24.5 Å². The van der Waals surface area contributed by atoms with Gasteiger partial charge in [0, 0.05) is 42.3 Å². The summed E-state index contributed by atoms with van der Waals surface area (Å²) in [6.07, 6.45) is 2.23. The monoisotopic (exact) mass is 413 g/mol. The van der Waals surface area contributed by atoms with Gasteiger partial charge >= 0.3 is 0 Å². The van der Waals surface area contributed by atoms with Gasteiger partial charge in [0.25, 0.3) is 5.91 Å². The molecule has 1 aromatic heterocycles. The van der Waals surface area contributed by atoms with Crippen LogP contribution < -0.4 is 10.2 Å². The first-order chi connectivity index (χ1) is 14.0. The molecule has 2 aromatic rings. The number of rotatable bonds is 7. The minimum Gasteiger partial charge on any atom is -0.371 e. The summed E-state index contributed by atoms with van der Waals surface area (Å²) in [5.41, 5.74) is 1.77. The highest BCUT2D eigenvalue weighted by molar-refractivity contribution is 7.10. The third kappa shape index (κ3) is 5.38. The Morgan fingerprint density at radius 1 is 1.17 bits per heavy atom. The van der Waals surface area contributed by atoms with Crippen LogP contribution in [0.1, 0.15) is 48.8 Å². The van der Waals surface area contributed by atoms with E-state index in [1.54, 1.807) is 11.3 Å². The lowest BCUT2D eigenvalue weighted by molar-refractivity contribution is -0.121. The van der Waals surface area contributed by atoms with E-state index in [4.69, 9.17) is 0 Å². The number of carbonyl (C=O) groups excluding carboxylic acids is 2. The molecule has 1 N–H and O–H groups in total. The van der Waals surface area contributed by atoms with Crippen LogP contribution in [0.3, 0.4) is 0 Å². The van der Waals surface area contributed by atoms with Gasteiger partial charge in [-0.1, -0.05) is 18.2 Å². The summed E-state index contributed by atoms with van der Waals surface area (Å²) in [6.45, 7) is 8.49. The molecule has 0 spiro atoms. The Bertz CT molecular complexity index is 811. The molecular weight excluding hydrogens is 382 g/mol. The van der Waals surface area contributed by atoms with Crippen molar-refractivity contribution in [2.24, 2.45) is 0 Å². The Morgan fingerprint density at radius 2 is 1.90 bits per heavy atom. The molecular formula is C23H31N3O2S. The van der Waals surface area contributed by atoms with E-state index in [1.807, 2.05) is 67.4 Å². The Labute approximate surface area is 177 Å². The largest absolute Gasteiger partial charge is 0.371 e. The molecule has 0 atom stereocenters. The van der Waals surface area contributed by atoms with E-state index < -0.39 is 0 Å². The maximum absolute atomic E-state index is 13.1. The van der Waals surface area contributed by atoms with E-state index in [0.717, 1.165) is 42.1 Å². The van der Waals surface area contributed by atoms with E-state index in [9.17, 15) is 9.59 Å². The van der Waals surface area contributed by atoms with Crippen molar-refractivity contribution >= 4 is 28.8 Å². The first kappa shape index (κ1) is 21.4. The number of para-hydroxylation sites is 1. The first-order valence-corrected chi connectivity index (χ1v) is 11.3. The van der Waals surface area contributed by atoms with Gasteiger partial charge < -0.3 is 15.1 Å². The summed E-state index contributed by atoms with van der Waals surface area (Å²) in [7, 11) is 0. The molecule has 5 nitrogen and oxygen atoms in total. The van der Waals surface area contributed by atoms with Crippen molar-refractivity contribution < 1.29 is 9.59 Å². The third-order valence-corrected chi connectivity index (χ3v) is 6.35. The van der Waals surface area contributed by atoms with Gasteiger partial charge in [0.2, 0.25) is 5.91 Å². The van der Waals surface area contributed by atoms with E-state index >= 15 is 0 Å². The highest BCUT2D eigenvalue weighted by atomic mass is 32.1. The van der Waals surface area contributed by atoms with Gasteiger partial charge in [-0.2, -0.15) is 0 Å². The van der Waals surface area contributed by atoms with Gasteiger partial charge in [0.15, 0.2) is 0 Å². The fourth-order valence-corrected chi connectivity index (χ4v) is 4.65. The number of hydrogen-bond donors (Lipinski definition) is 1. The summed E-state index contributed by atoms with van der Waals surface area (Å²) in [5.74, 6) is 0.182. The van der Waals surface area contributed by atoms with Crippen LogP contribution >= 0.6 is 11.3 Å². The summed E-state index contributed by atoms with van der Waals surface area (Å²) in [5, 5.41) is 5.17. The van der Waals surface area contributed by atoms with Gasteiger partial charge in [-0.15, -0.1) is 11.3 Å². The van der Waals surface area contributed by atoms with Crippen molar-refractivity contribution in [1.82, 2.24) is 10.2 Å². The van der Waals surface area contributed by atoms with Crippen LogP contribution in [-0.2, 0) is 11.2 Å². The third-order valence-electron chi connectivity index (χ3n) is 5.48. The Kier molecular flexibility index (Phi) is 7.31. The van der Waals surface area contributed by atoms with Crippen molar-refractivity contribution in [1.29, 1.82) is 0 Å². The summed E-state index contributed by atoms with van der Waals surface area (Å²) >= 11 is 1.62. The molecule has 2 heterocycles. The van der Waals surface area contributed by atoms with E-state index in [-0.39, 0.29) is 23.9 Å². The zero-order chi connectivity index (χ0) is 20.8. The number of nitrogens with one attached hydrogen (secondary N) is 1. The highest BCUT2D eigenvalue weighted by Crippen LogP contribution is 2.26. The second-order valence-electron chi connectivity index (χ2n) is 7.79. The van der Waals surface area contributed by atoms with Crippen LogP contribution in [0.25, 0.3) is 0 Å². The molecule has 0 saturated carbocycles. The number of anilines is 1. The van der Waals surface area contributed by atoms with Crippen LogP contribution in [0.15, 0.2) is 41.8 Å². The van der Waals surface area contributed by atoms with Gasteiger partial charge in [0.05, 0.1) is 12.0 Å². The Balaban J connectivity index is 1.61. The fraction of sp³-hybridized carbons (Fsp3) is 0.478. The quantitative estimate of drug-likeness (QED) is 0.748. The number of benzene rings is 1. The number of thiophene rings is 1. The summed E-state index contributed by atoms with van der Waals surface area (Å²) < 4.78 is 0. The summed E-state index contributed by atoms with van der Waals surface area (Å²) in [6, 6.07) is 12.2. The van der Waals surface area contributed by atoms with Gasteiger partial charge in [0.1, 0.15) is 0 Å². The number of nitrogens with zero attached hydrogens (tertiary/aromatic N) is 2. The maximum Gasteiger partial charge on any atom is 0.256 e. The molecule has 29 heavy (non-hydrogen) atoms. The average Bonchev–Trinajstić information content (AvgIpc) is 3.21. The lowest BCUT2D eigenvalue weighted by Gasteiger charge is -2.35. The predicted octanol–water partition coefficient (Wildman–Crippen LogP) is 3.95. The smallest absolute Gasteiger partial charge is 0.256 e. The molecule has 1 fully saturated rings. The van der Waals surface area contributed by atoms with Crippen molar-refractivity contribution in [2.45, 2.75) is 52.1 Å². The molecule has 1 aromatic carbocycles. The molecule has 2 amide bonds. The van der Waals surface area contributed by atoms with Crippen molar-refractivity contribution in [3.63, 3.8) is 0 Å². The average molecular weight is 414 g/mol. The van der Waals surface area contributed by atoms with Crippen LogP contribution in [0, 0.1) is 0 Å². The highest BCUT2D eigenvalue weighted by Gasteiger charge is 2.26. The molecule has 0 unspecified atom stereocenters. The molecule has 0 radical (unpaired) electrons. The first-order valence-electron chi connectivity index (χ1n) is 10.5. The molecule has 1 aliphatic rings. The van der Waals surface area contributed by atoms with Crippen LogP contribution in [0.5, 0.6) is 0 Å². The Hall–Kier alpha value is -2.34. The van der Waals surface area contributed by atoms with E-state index in [0.29, 0.717) is 13.0 Å². The van der Waals surface area contributed by atoms with Crippen LogP contribution in [0.2, 0.25) is 0 Å². The molecule has 1 saturated heterocycles. The minimum absolute atomic E-state index is 0.0875.